The Hall–Kier alpha value is -3.12. The number of nitrogens with one attached hydrogen (secondary N) is 2. The molecule has 6 heteroatoms. The lowest BCUT2D eigenvalue weighted by molar-refractivity contribution is -0.213. The minimum absolute atomic E-state index is 0.215. The Balaban J connectivity index is 1.51. The minimum atomic E-state index is -0.666. The first-order valence-corrected chi connectivity index (χ1v) is 8.99. The lowest BCUT2D eigenvalue weighted by Crippen LogP contribution is -2.62. The minimum Gasteiger partial charge on any atom is -0.361 e. The highest BCUT2D eigenvalue weighted by Gasteiger charge is 2.39. The highest BCUT2D eigenvalue weighted by atomic mass is 16.7. The number of nitrogens with zero attached hydrogens (tertiary/aromatic N) is 1. The molecule has 1 aliphatic heterocycles. The number of fused-ring (bicyclic) bond motifs is 1. The molecule has 1 aromatic heterocycles. The predicted octanol–water partition coefficient (Wildman–Crippen LogP) is 2.56. The number of hydrogen-bond acceptors (Lipinski definition) is 3. The Morgan fingerprint density at radius 1 is 1.04 bits per heavy atom. The molecule has 0 saturated carbocycles. The van der Waals surface area contributed by atoms with E-state index in [4.69, 9.17) is 4.84 Å². The zero-order valence-electron chi connectivity index (χ0n) is 15.0. The van der Waals surface area contributed by atoms with Gasteiger partial charge in [-0.1, -0.05) is 48.5 Å². The second-order valence-electron chi connectivity index (χ2n) is 6.72. The van der Waals surface area contributed by atoms with Crippen LogP contribution in [0, 0.1) is 0 Å². The number of aromatic amines is 1. The quantitative estimate of drug-likeness (QED) is 0.732. The van der Waals surface area contributed by atoms with Gasteiger partial charge in [0.1, 0.15) is 18.7 Å². The molecule has 1 aliphatic rings. The summed E-state index contributed by atoms with van der Waals surface area (Å²) >= 11 is 0. The van der Waals surface area contributed by atoms with E-state index in [1.807, 2.05) is 60.8 Å². The summed E-state index contributed by atoms with van der Waals surface area (Å²) in [5, 5.41) is 5.09. The molecule has 27 heavy (non-hydrogen) atoms. The van der Waals surface area contributed by atoms with Gasteiger partial charge in [-0.3, -0.25) is 14.4 Å². The fraction of sp³-hybridized carbons (Fsp3) is 0.238. The number of amides is 2. The van der Waals surface area contributed by atoms with Crippen molar-refractivity contribution in [1.82, 2.24) is 15.4 Å². The highest BCUT2D eigenvalue weighted by Crippen LogP contribution is 2.21. The molecule has 0 bridgehead atoms. The van der Waals surface area contributed by atoms with Gasteiger partial charge in [0.15, 0.2) is 0 Å². The summed E-state index contributed by atoms with van der Waals surface area (Å²) in [7, 11) is 0. The van der Waals surface area contributed by atoms with E-state index in [2.05, 4.69) is 10.3 Å². The maximum absolute atomic E-state index is 12.9. The van der Waals surface area contributed by atoms with Gasteiger partial charge in [-0.15, -0.1) is 0 Å². The van der Waals surface area contributed by atoms with Crippen LogP contribution < -0.4 is 5.32 Å². The highest BCUT2D eigenvalue weighted by molar-refractivity contribution is 5.96. The van der Waals surface area contributed by atoms with Crippen molar-refractivity contribution >= 4 is 22.7 Å². The predicted molar refractivity (Wildman–Crippen MR) is 101 cm³/mol. The standard InChI is InChI=1S/C21H21N3O3/c1-14-20(25)23-19(11-16-12-22-18-10-6-5-9-17(16)18)21(26)24(14)27-13-15-7-3-2-4-8-15/h2-10,12,14,19,22H,11,13H2,1H3,(H,23,25)/t14-,19-/m0/s1. The molecule has 0 radical (unpaired) electrons. The third-order valence-corrected chi connectivity index (χ3v) is 4.88. The first-order chi connectivity index (χ1) is 13.1. The largest absolute Gasteiger partial charge is 0.361 e. The number of carbonyl (C=O) groups is 2. The van der Waals surface area contributed by atoms with Gasteiger partial charge in [0.2, 0.25) is 5.91 Å². The number of para-hydroxylation sites is 1. The van der Waals surface area contributed by atoms with Crippen molar-refractivity contribution in [2.24, 2.45) is 0 Å². The Morgan fingerprint density at radius 2 is 1.78 bits per heavy atom. The van der Waals surface area contributed by atoms with E-state index in [0.717, 1.165) is 22.0 Å². The van der Waals surface area contributed by atoms with Crippen molar-refractivity contribution in [2.75, 3.05) is 0 Å². The van der Waals surface area contributed by atoms with Crippen LogP contribution in [0.2, 0.25) is 0 Å². The average Bonchev–Trinajstić information content (AvgIpc) is 3.10. The third kappa shape index (κ3) is 3.44. The molecule has 2 atom stereocenters. The van der Waals surface area contributed by atoms with Crippen LogP contribution in [0.1, 0.15) is 18.1 Å². The van der Waals surface area contributed by atoms with E-state index < -0.39 is 12.1 Å². The van der Waals surface area contributed by atoms with Gasteiger partial charge in [-0.05, 0) is 24.1 Å². The van der Waals surface area contributed by atoms with Crippen molar-refractivity contribution < 1.29 is 14.4 Å². The zero-order chi connectivity index (χ0) is 18.8. The molecule has 0 aliphatic carbocycles. The summed E-state index contributed by atoms with van der Waals surface area (Å²) in [6, 6.07) is 16.2. The molecule has 2 N–H and O–H groups in total. The van der Waals surface area contributed by atoms with Crippen molar-refractivity contribution in [3.05, 3.63) is 71.9 Å². The third-order valence-electron chi connectivity index (χ3n) is 4.88. The molecule has 138 valence electrons. The number of hydrogen-bond donors (Lipinski definition) is 2. The fourth-order valence-electron chi connectivity index (χ4n) is 3.36. The topological polar surface area (TPSA) is 74.4 Å². The Bertz CT molecular complexity index is 967. The summed E-state index contributed by atoms with van der Waals surface area (Å²) in [6.45, 7) is 1.91. The zero-order valence-corrected chi connectivity index (χ0v) is 15.0. The van der Waals surface area contributed by atoms with Crippen LogP contribution in [0.15, 0.2) is 60.8 Å². The Labute approximate surface area is 157 Å². The number of rotatable bonds is 5. The number of H-pyrrole nitrogens is 1. The SMILES string of the molecule is C[C@H]1C(=O)N[C@@H](Cc2c[nH]c3ccccc23)C(=O)N1OCc1ccccc1. The summed E-state index contributed by atoms with van der Waals surface area (Å²) < 4.78 is 0. The first kappa shape index (κ1) is 17.3. The maximum Gasteiger partial charge on any atom is 0.269 e. The monoisotopic (exact) mass is 363 g/mol. The van der Waals surface area contributed by atoms with Gasteiger partial charge in [-0.2, -0.15) is 0 Å². The molecule has 6 nitrogen and oxygen atoms in total. The molecular formula is C21H21N3O3. The van der Waals surface area contributed by atoms with Crippen LogP contribution in [0.3, 0.4) is 0 Å². The van der Waals surface area contributed by atoms with Crippen LogP contribution in [0.25, 0.3) is 10.9 Å². The van der Waals surface area contributed by atoms with Crippen molar-refractivity contribution in [2.45, 2.75) is 32.0 Å². The van der Waals surface area contributed by atoms with E-state index in [9.17, 15) is 9.59 Å². The van der Waals surface area contributed by atoms with Gasteiger partial charge >= 0.3 is 0 Å². The van der Waals surface area contributed by atoms with Gasteiger partial charge in [0, 0.05) is 23.5 Å². The molecule has 2 aromatic carbocycles. The second kappa shape index (κ2) is 7.25. The summed E-state index contributed by atoms with van der Waals surface area (Å²) in [5.41, 5.74) is 2.94. The van der Waals surface area contributed by atoms with Crippen molar-refractivity contribution in [3.63, 3.8) is 0 Å². The molecule has 0 spiro atoms. The molecule has 1 saturated heterocycles. The summed E-state index contributed by atoms with van der Waals surface area (Å²) in [5.74, 6) is -0.448. The summed E-state index contributed by atoms with van der Waals surface area (Å²) in [6.07, 6.45) is 2.30. The van der Waals surface area contributed by atoms with Crippen molar-refractivity contribution in [1.29, 1.82) is 0 Å². The Kier molecular flexibility index (Phi) is 4.64. The van der Waals surface area contributed by atoms with E-state index >= 15 is 0 Å². The van der Waals surface area contributed by atoms with E-state index in [-0.39, 0.29) is 18.4 Å². The van der Waals surface area contributed by atoms with E-state index in [1.54, 1.807) is 6.92 Å². The number of carbonyl (C=O) groups excluding carboxylic acids is 2. The molecule has 1 fully saturated rings. The average molecular weight is 363 g/mol. The summed E-state index contributed by atoms with van der Waals surface area (Å²) in [4.78, 5) is 34.2. The van der Waals surface area contributed by atoms with Crippen molar-refractivity contribution in [3.8, 4) is 0 Å². The number of aromatic nitrogens is 1. The van der Waals surface area contributed by atoms with Crippen LogP contribution in [0.5, 0.6) is 0 Å². The Morgan fingerprint density at radius 3 is 2.59 bits per heavy atom. The lowest BCUT2D eigenvalue weighted by Gasteiger charge is -2.36. The van der Waals surface area contributed by atoms with Crippen LogP contribution in [-0.2, 0) is 27.5 Å². The van der Waals surface area contributed by atoms with Crippen LogP contribution >= 0.6 is 0 Å². The van der Waals surface area contributed by atoms with Crippen LogP contribution in [-0.4, -0.2) is 33.9 Å². The molecule has 3 aromatic rings. The van der Waals surface area contributed by atoms with Gasteiger partial charge in [-0.25, -0.2) is 5.06 Å². The number of hydroxylamine groups is 2. The molecule has 0 unspecified atom stereocenters. The molecule has 4 rings (SSSR count). The van der Waals surface area contributed by atoms with Crippen LogP contribution in [0.4, 0.5) is 0 Å². The van der Waals surface area contributed by atoms with E-state index in [0.29, 0.717) is 6.42 Å². The number of benzene rings is 2. The molecular weight excluding hydrogens is 342 g/mol. The smallest absolute Gasteiger partial charge is 0.269 e. The van der Waals surface area contributed by atoms with Gasteiger partial charge in [0.05, 0.1) is 0 Å². The maximum atomic E-state index is 12.9. The second-order valence-corrected chi connectivity index (χ2v) is 6.72. The van der Waals surface area contributed by atoms with Gasteiger partial charge in [0.25, 0.3) is 5.91 Å². The normalized spacial score (nSPS) is 20.1. The number of piperazine rings is 1. The molecule has 2 heterocycles. The lowest BCUT2D eigenvalue weighted by atomic mass is 10.0. The fourth-order valence-corrected chi connectivity index (χ4v) is 3.36. The van der Waals surface area contributed by atoms with E-state index in [1.165, 1.54) is 5.06 Å². The van der Waals surface area contributed by atoms with Gasteiger partial charge < -0.3 is 10.3 Å². The molecule has 2 amide bonds. The first-order valence-electron chi connectivity index (χ1n) is 8.99.